The Kier molecular flexibility index (Phi) is 5.50. The molecule has 0 saturated carbocycles. The van der Waals surface area contributed by atoms with Gasteiger partial charge in [0, 0.05) is 5.56 Å². The molecule has 0 aliphatic carbocycles. The van der Waals surface area contributed by atoms with Crippen molar-refractivity contribution in [3.63, 3.8) is 0 Å². The van der Waals surface area contributed by atoms with Crippen LogP contribution in [0.5, 0.6) is 11.5 Å². The van der Waals surface area contributed by atoms with Crippen LogP contribution in [0.3, 0.4) is 0 Å². The Labute approximate surface area is 176 Å². The van der Waals surface area contributed by atoms with E-state index in [1.165, 1.54) is 0 Å². The Balaban J connectivity index is 1.42. The lowest BCUT2D eigenvalue weighted by atomic mass is 9.94. The van der Waals surface area contributed by atoms with Crippen LogP contribution in [0.25, 0.3) is 22.3 Å². The molecule has 2 aliphatic heterocycles. The first kappa shape index (κ1) is 19.3. The van der Waals surface area contributed by atoms with Crippen LogP contribution >= 0.6 is 8.46 Å². The molecule has 0 amide bonds. The molecule has 5 rings (SSSR count). The molecular formula is C24H21O5P. The second-order valence-electron chi connectivity index (χ2n) is 7.37. The van der Waals surface area contributed by atoms with Crippen LogP contribution in [-0.2, 0) is 14.0 Å². The Hall–Kier alpha value is -2.72. The summed E-state index contributed by atoms with van der Waals surface area (Å²) in [6, 6.07) is 21.7. The molecule has 2 aliphatic rings. The van der Waals surface area contributed by atoms with Crippen molar-refractivity contribution >= 4 is 13.8 Å². The lowest BCUT2D eigenvalue weighted by molar-refractivity contribution is 0.263. The molecule has 0 aromatic heterocycles. The molecule has 0 radical (unpaired) electrons. The first-order chi connectivity index (χ1) is 14.8. The average molecular weight is 420 g/mol. The second-order valence-corrected chi connectivity index (χ2v) is 8.04. The topological polar surface area (TPSA) is 60.6 Å². The zero-order valence-electron chi connectivity index (χ0n) is 16.3. The lowest BCUT2D eigenvalue weighted by Gasteiger charge is -2.14. The summed E-state index contributed by atoms with van der Waals surface area (Å²) in [6.07, 6.45) is 0.452. The van der Waals surface area contributed by atoms with Crippen molar-refractivity contribution in [2.75, 3.05) is 26.4 Å². The van der Waals surface area contributed by atoms with Crippen molar-refractivity contribution in [1.82, 2.24) is 0 Å². The van der Waals surface area contributed by atoms with Gasteiger partial charge in [0.15, 0.2) is 8.46 Å². The van der Waals surface area contributed by atoms with Crippen molar-refractivity contribution in [2.24, 2.45) is 0 Å². The van der Waals surface area contributed by atoms with E-state index in [-0.39, 0.29) is 20.7 Å². The maximum Gasteiger partial charge on any atom is 0.192 e. The van der Waals surface area contributed by atoms with Gasteiger partial charge in [-0.1, -0.05) is 36.4 Å². The molecule has 2 saturated heterocycles. The highest BCUT2D eigenvalue weighted by Gasteiger charge is 2.23. The summed E-state index contributed by atoms with van der Waals surface area (Å²) in [5.74, 6) is 1.61. The van der Waals surface area contributed by atoms with E-state index < -0.39 is 0 Å². The van der Waals surface area contributed by atoms with Gasteiger partial charge in [-0.3, -0.25) is 4.57 Å². The maximum absolute atomic E-state index is 11.9. The van der Waals surface area contributed by atoms with Gasteiger partial charge >= 0.3 is 0 Å². The largest absolute Gasteiger partial charge is 0.491 e. The fourth-order valence-corrected chi connectivity index (χ4v) is 3.80. The Morgan fingerprint density at radius 2 is 1.30 bits per heavy atom. The number of benzene rings is 3. The van der Waals surface area contributed by atoms with Crippen molar-refractivity contribution in [3.05, 3.63) is 66.7 Å². The minimum Gasteiger partial charge on any atom is -0.491 e. The monoisotopic (exact) mass is 420 g/mol. The number of hydrogen-bond donors (Lipinski definition) is 0. The number of epoxide rings is 2. The standard InChI is InChI=1S/C24H21O5P/c25-30-23-3-1-2-22(16-4-8-18(9-5-16)26-12-20-14-28-20)24(23)17-6-10-19(11-7-17)27-13-21-15-29-21/h1-11,20-21H,12-15H2. The van der Waals surface area contributed by atoms with Gasteiger partial charge in [0.05, 0.1) is 18.5 Å². The van der Waals surface area contributed by atoms with Crippen molar-refractivity contribution in [3.8, 4) is 33.8 Å². The van der Waals surface area contributed by atoms with Crippen LogP contribution in [0.1, 0.15) is 0 Å². The third kappa shape index (κ3) is 4.54. The summed E-state index contributed by atoms with van der Waals surface area (Å²) in [7, 11) is -0.0129. The third-order valence-electron chi connectivity index (χ3n) is 5.13. The number of hydrogen-bond acceptors (Lipinski definition) is 5. The lowest BCUT2D eigenvalue weighted by Crippen LogP contribution is -2.04. The van der Waals surface area contributed by atoms with Gasteiger partial charge in [-0.15, -0.1) is 0 Å². The van der Waals surface area contributed by atoms with Gasteiger partial charge < -0.3 is 18.9 Å². The SMILES string of the molecule is O=Pc1cccc(-c2ccc(OCC3CO3)cc2)c1-c1ccc(OCC2CO2)cc1. The molecule has 2 fully saturated rings. The van der Waals surface area contributed by atoms with Gasteiger partial charge in [-0.2, -0.15) is 0 Å². The van der Waals surface area contributed by atoms with E-state index in [1.54, 1.807) is 0 Å². The van der Waals surface area contributed by atoms with E-state index >= 15 is 0 Å². The highest BCUT2D eigenvalue weighted by atomic mass is 31.1. The summed E-state index contributed by atoms with van der Waals surface area (Å²) >= 11 is 0. The minimum absolute atomic E-state index is 0.0129. The Bertz CT molecular complexity index is 1020. The maximum atomic E-state index is 11.9. The molecule has 6 heteroatoms. The fraction of sp³-hybridized carbons (Fsp3) is 0.250. The smallest absolute Gasteiger partial charge is 0.192 e. The summed E-state index contributed by atoms with van der Waals surface area (Å²) in [5.41, 5.74) is 4.00. The predicted octanol–water partition coefficient (Wildman–Crippen LogP) is 4.49. The molecule has 5 nitrogen and oxygen atoms in total. The van der Waals surface area contributed by atoms with Gasteiger partial charge in [0.2, 0.25) is 0 Å². The molecule has 0 bridgehead atoms. The molecule has 30 heavy (non-hydrogen) atoms. The van der Waals surface area contributed by atoms with E-state index in [4.69, 9.17) is 18.9 Å². The van der Waals surface area contributed by atoms with Gasteiger partial charge in [0.1, 0.15) is 36.9 Å². The first-order valence-corrected chi connectivity index (χ1v) is 10.8. The zero-order chi connectivity index (χ0) is 20.3. The van der Waals surface area contributed by atoms with E-state index in [0.29, 0.717) is 13.2 Å². The molecule has 0 N–H and O–H groups in total. The van der Waals surface area contributed by atoms with Crippen LogP contribution in [0.4, 0.5) is 0 Å². The molecule has 0 spiro atoms. The molecule has 3 aromatic rings. The Morgan fingerprint density at radius 3 is 1.80 bits per heavy atom. The molecular weight excluding hydrogens is 399 g/mol. The second kappa shape index (κ2) is 8.57. The quantitative estimate of drug-likeness (QED) is 0.377. The predicted molar refractivity (Wildman–Crippen MR) is 115 cm³/mol. The highest BCUT2D eigenvalue weighted by molar-refractivity contribution is 7.34. The summed E-state index contributed by atoms with van der Waals surface area (Å²) in [5, 5.41) is 0.749. The zero-order valence-corrected chi connectivity index (χ0v) is 17.2. The van der Waals surface area contributed by atoms with E-state index in [1.807, 2.05) is 66.7 Å². The van der Waals surface area contributed by atoms with Crippen molar-refractivity contribution in [2.45, 2.75) is 12.2 Å². The van der Waals surface area contributed by atoms with E-state index in [0.717, 1.165) is 52.3 Å². The Morgan fingerprint density at radius 1 is 0.767 bits per heavy atom. The van der Waals surface area contributed by atoms with E-state index in [2.05, 4.69) is 0 Å². The van der Waals surface area contributed by atoms with Crippen LogP contribution in [0.2, 0.25) is 0 Å². The first-order valence-electron chi connectivity index (χ1n) is 9.96. The summed E-state index contributed by atoms with van der Waals surface area (Å²) in [6.45, 7) is 2.70. The van der Waals surface area contributed by atoms with Crippen molar-refractivity contribution < 1.29 is 23.5 Å². The van der Waals surface area contributed by atoms with Crippen LogP contribution < -0.4 is 14.8 Å². The van der Waals surface area contributed by atoms with Gasteiger partial charge in [0.25, 0.3) is 0 Å². The third-order valence-corrected chi connectivity index (χ3v) is 5.70. The summed E-state index contributed by atoms with van der Waals surface area (Å²) < 4.78 is 33.7. The number of rotatable bonds is 9. The molecule has 152 valence electrons. The van der Waals surface area contributed by atoms with E-state index in [9.17, 15) is 4.57 Å². The van der Waals surface area contributed by atoms with Crippen LogP contribution in [0, 0.1) is 0 Å². The molecule has 2 atom stereocenters. The van der Waals surface area contributed by atoms with Gasteiger partial charge in [-0.25, -0.2) is 0 Å². The van der Waals surface area contributed by atoms with Crippen LogP contribution in [0.15, 0.2) is 66.7 Å². The number of ether oxygens (including phenoxy) is 4. The highest BCUT2D eigenvalue weighted by Crippen LogP contribution is 2.34. The molecule has 3 aromatic carbocycles. The van der Waals surface area contributed by atoms with Gasteiger partial charge in [-0.05, 0) is 47.0 Å². The fourth-order valence-electron chi connectivity index (χ4n) is 3.32. The molecule has 2 unspecified atom stereocenters. The average Bonchev–Trinajstić information content (AvgIpc) is 3.71. The van der Waals surface area contributed by atoms with Crippen molar-refractivity contribution in [1.29, 1.82) is 0 Å². The minimum atomic E-state index is -0.0129. The van der Waals surface area contributed by atoms with Crippen LogP contribution in [-0.4, -0.2) is 38.6 Å². The normalized spacial score (nSPS) is 19.5. The summed E-state index contributed by atoms with van der Waals surface area (Å²) in [4.78, 5) is 0. The molecule has 2 heterocycles.